The van der Waals surface area contributed by atoms with Crippen molar-refractivity contribution in [3.63, 3.8) is 0 Å². The van der Waals surface area contributed by atoms with Crippen molar-refractivity contribution < 1.29 is 22.7 Å². The van der Waals surface area contributed by atoms with Gasteiger partial charge in [-0.2, -0.15) is 0 Å². The minimum absolute atomic E-state index is 0.0741. The monoisotopic (exact) mass is 460 g/mol. The van der Waals surface area contributed by atoms with Crippen LogP contribution in [0.3, 0.4) is 0 Å². The summed E-state index contributed by atoms with van der Waals surface area (Å²) in [7, 11) is -1.90. The lowest BCUT2D eigenvalue weighted by atomic mass is 9.74. The minimum Gasteiger partial charge on any atom is -0.497 e. The highest BCUT2D eigenvalue weighted by molar-refractivity contribution is 7.92. The van der Waals surface area contributed by atoms with Crippen molar-refractivity contribution >= 4 is 21.6 Å². The zero-order valence-corrected chi connectivity index (χ0v) is 19.6. The molecule has 0 bridgehead atoms. The number of amides is 1. The fraction of sp³-hybridized carbons (Fsp3) is 0.458. The Kier molecular flexibility index (Phi) is 8.15. The van der Waals surface area contributed by atoms with E-state index in [1.54, 1.807) is 31.4 Å². The third-order valence-corrected chi connectivity index (χ3v) is 7.18. The van der Waals surface area contributed by atoms with Gasteiger partial charge < -0.3 is 14.8 Å². The number of ether oxygens (including phenoxy) is 2. The lowest BCUT2D eigenvalue weighted by molar-refractivity contribution is -0.121. The predicted octanol–water partition coefficient (Wildman–Crippen LogP) is 3.11. The third-order valence-electron chi connectivity index (χ3n) is 5.99. The molecule has 0 spiro atoms. The highest BCUT2D eigenvalue weighted by Gasteiger charge is 2.34. The fourth-order valence-corrected chi connectivity index (χ4v) is 5.06. The Labute approximate surface area is 190 Å². The number of anilines is 1. The number of rotatable bonds is 10. The van der Waals surface area contributed by atoms with Gasteiger partial charge in [-0.25, -0.2) is 8.42 Å². The zero-order chi connectivity index (χ0) is 23.0. The zero-order valence-electron chi connectivity index (χ0n) is 18.7. The van der Waals surface area contributed by atoms with Crippen LogP contribution in [0.25, 0.3) is 0 Å². The summed E-state index contributed by atoms with van der Waals surface area (Å²) in [5, 5.41) is 3.08. The number of hydrogen-bond donors (Lipinski definition) is 1. The second kappa shape index (κ2) is 10.8. The summed E-state index contributed by atoms with van der Waals surface area (Å²) in [4.78, 5) is 12.6. The highest BCUT2D eigenvalue weighted by atomic mass is 32.2. The minimum atomic E-state index is -3.46. The smallest absolute Gasteiger partial charge is 0.232 e. The molecule has 1 aliphatic heterocycles. The van der Waals surface area contributed by atoms with Gasteiger partial charge in [0.2, 0.25) is 15.9 Å². The predicted molar refractivity (Wildman–Crippen MR) is 126 cm³/mol. The van der Waals surface area contributed by atoms with Gasteiger partial charge in [-0.1, -0.05) is 30.3 Å². The molecule has 0 radical (unpaired) electrons. The van der Waals surface area contributed by atoms with Crippen LogP contribution in [0.5, 0.6) is 5.75 Å². The van der Waals surface area contributed by atoms with E-state index in [1.807, 2.05) is 18.2 Å². The van der Waals surface area contributed by atoms with Crippen molar-refractivity contribution in [2.45, 2.75) is 31.1 Å². The third kappa shape index (κ3) is 6.23. The first-order valence-electron chi connectivity index (χ1n) is 10.9. The molecule has 1 amide bonds. The average molecular weight is 461 g/mol. The summed E-state index contributed by atoms with van der Waals surface area (Å²) in [5.41, 5.74) is 1.64. The van der Waals surface area contributed by atoms with Gasteiger partial charge in [0.25, 0.3) is 0 Å². The van der Waals surface area contributed by atoms with Gasteiger partial charge >= 0.3 is 0 Å². The van der Waals surface area contributed by atoms with Gasteiger partial charge in [0.15, 0.2) is 0 Å². The fourth-order valence-electron chi connectivity index (χ4n) is 4.10. The van der Waals surface area contributed by atoms with Crippen molar-refractivity contribution in [1.29, 1.82) is 0 Å². The Morgan fingerprint density at radius 2 is 1.75 bits per heavy atom. The van der Waals surface area contributed by atoms with Crippen LogP contribution >= 0.6 is 0 Å². The van der Waals surface area contributed by atoms with Crippen molar-refractivity contribution in [2.75, 3.05) is 44.0 Å². The molecule has 1 aliphatic rings. The number of sulfonamides is 1. The maximum Gasteiger partial charge on any atom is 0.232 e. The number of carbonyl (C=O) groups is 1. The summed E-state index contributed by atoms with van der Waals surface area (Å²) in [5.74, 6) is 0.581. The average Bonchev–Trinajstić information content (AvgIpc) is 2.81. The van der Waals surface area contributed by atoms with Crippen molar-refractivity contribution in [2.24, 2.45) is 0 Å². The number of methoxy groups -OCH3 is 1. The van der Waals surface area contributed by atoms with E-state index in [1.165, 1.54) is 16.1 Å². The molecule has 0 aromatic heterocycles. The van der Waals surface area contributed by atoms with E-state index in [2.05, 4.69) is 17.4 Å². The van der Waals surface area contributed by atoms with Gasteiger partial charge in [-0.05, 0) is 49.1 Å². The van der Waals surface area contributed by atoms with Gasteiger partial charge in [0, 0.05) is 38.1 Å². The molecular weight excluding hydrogens is 428 g/mol. The molecule has 174 valence electrons. The summed E-state index contributed by atoms with van der Waals surface area (Å²) in [6, 6.07) is 17.1. The van der Waals surface area contributed by atoms with Gasteiger partial charge in [0.05, 0.1) is 19.1 Å². The Morgan fingerprint density at radius 1 is 1.09 bits per heavy atom. The van der Waals surface area contributed by atoms with E-state index in [-0.39, 0.29) is 24.3 Å². The molecule has 2 aromatic carbocycles. The first-order valence-corrected chi connectivity index (χ1v) is 12.7. The van der Waals surface area contributed by atoms with Crippen LogP contribution in [0, 0.1) is 0 Å². The summed E-state index contributed by atoms with van der Waals surface area (Å²) in [6.45, 7) is 2.13. The molecule has 0 aliphatic carbocycles. The van der Waals surface area contributed by atoms with Crippen molar-refractivity contribution in [3.05, 3.63) is 60.2 Å². The molecule has 0 saturated carbocycles. The van der Waals surface area contributed by atoms with E-state index in [9.17, 15) is 13.2 Å². The molecule has 1 fully saturated rings. The molecule has 0 atom stereocenters. The molecule has 1 saturated heterocycles. The molecule has 3 rings (SSSR count). The van der Waals surface area contributed by atoms with Crippen LogP contribution in [0.1, 0.15) is 31.2 Å². The normalized spacial score (nSPS) is 15.7. The van der Waals surface area contributed by atoms with E-state index in [4.69, 9.17) is 9.47 Å². The quantitative estimate of drug-likeness (QED) is 0.589. The van der Waals surface area contributed by atoms with E-state index in [0.29, 0.717) is 37.6 Å². The largest absolute Gasteiger partial charge is 0.497 e. The Hall–Kier alpha value is -2.58. The second-order valence-electron chi connectivity index (χ2n) is 8.17. The molecule has 32 heavy (non-hydrogen) atoms. The van der Waals surface area contributed by atoms with Crippen LogP contribution in [0.15, 0.2) is 54.6 Å². The van der Waals surface area contributed by atoms with Gasteiger partial charge in [-0.15, -0.1) is 0 Å². The van der Waals surface area contributed by atoms with Crippen LogP contribution < -0.4 is 14.4 Å². The number of nitrogens with zero attached hydrogens (tertiary/aromatic N) is 1. The molecule has 0 unspecified atom stereocenters. The maximum absolute atomic E-state index is 12.6. The van der Waals surface area contributed by atoms with Crippen molar-refractivity contribution in [3.8, 4) is 5.75 Å². The number of nitrogens with one attached hydrogen (secondary N) is 1. The summed E-state index contributed by atoms with van der Waals surface area (Å²) >= 11 is 0. The standard InChI is InChI=1S/C24H32N2O5S/c1-30-22-12-10-21(11-13-22)26(32(2,28)29)16-6-9-23(27)25-19-24(14-17-31-18-15-24)20-7-4-3-5-8-20/h3-5,7-8,10-13H,6,9,14-19H2,1-2H3,(H,25,27). The Morgan fingerprint density at radius 3 is 2.34 bits per heavy atom. The van der Waals surface area contributed by atoms with Gasteiger partial charge in [-0.3, -0.25) is 9.10 Å². The second-order valence-corrected chi connectivity index (χ2v) is 10.1. The molecule has 8 heteroatoms. The highest BCUT2D eigenvalue weighted by Crippen LogP contribution is 2.34. The molecule has 1 heterocycles. The van der Waals surface area contributed by atoms with Crippen LogP contribution in [-0.4, -0.2) is 54.0 Å². The van der Waals surface area contributed by atoms with E-state index >= 15 is 0 Å². The van der Waals surface area contributed by atoms with Crippen LogP contribution in [0.2, 0.25) is 0 Å². The lowest BCUT2D eigenvalue weighted by Gasteiger charge is -2.38. The topological polar surface area (TPSA) is 84.9 Å². The number of benzene rings is 2. The number of hydrogen-bond acceptors (Lipinski definition) is 5. The number of carbonyl (C=O) groups excluding carboxylic acids is 1. The first-order chi connectivity index (χ1) is 15.3. The Bertz CT molecular complexity index is 971. The van der Waals surface area contributed by atoms with E-state index in [0.717, 1.165) is 12.8 Å². The molecule has 7 nitrogen and oxygen atoms in total. The maximum atomic E-state index is 12.6. The molecular formula is C24H32N2O5S. The van der Waals surface area contributed by atoms with Crippen molar-refractivity contribution in [1.82, 2.24) is 5.32 Å². The molecule has 2 aromatic rings. The summed E-state index contributed by atoms with van der Waals surface area (Å²) in [6.07, 6.45) is 3.56. The summed E-state index contributed by atoms with van der Waals surface area (Å²) < 4.78 is 36.6. The molecule has 1 N–H and O–H groups in total. The van der Waals surface area contributed by atoms with Gasteiger partial charge in [0.1, 0.15) is 5.75 Å². The first kappa shape index (κ1) is 24.1. The van der Waals surface area contributed by atoms with Crippen LogP contribution in [0.4, 0.5) is 5.69 Å². The Balaban J connectivity index is 1.57. The SMILES string of the molecule is COc1ccc(N(CCCC(=O)NCC2(c3ccccc3)CCOCC2)S(C)(=O)=O)cc1. The van der Waals surface area contributed by atoms with Crippen LogP contribution in [-0.2, 0) is 25.0 Å². The lowest BCUT2D eigenvalue weighted by Crippen LogP contribution is -2.44. The van der Waals surface area contributed by atoms with E-state index < -0.39 is 10.0 Å².